The van der Waals surface area contributed by atoms with Gasteiger partial charge in [0, 0.05) is 39.1 Å². The fourth-order valence-corrected chi connectivity index (χ4v) is 5.38. The second kappa shape index (κ2) is 9.30. The largest absolute Gasteiger partial charge is 0.326 e. The number of anilines is 2. The molecule has 2 aromatic rings. The number of nitrogens with one attached hydrogen (secondary N) is 2. The fourth-order valence-electron chi connectivity index (χ4n) is 3.18. The first-order valence-electron chi connectivity index (χ1n) is 9.62. The van der Waals surface area contributed by atoms with Gasteiger partial charge in [-0.3, -0.25) is 9.52 Å². The molecule has 1 aromatic heterocycles. The molecule has 31 heavy (non-hydrogen) atoms. The number of nitrogens with zero attached hydrogens (tertiary/aromatic N) is 3. The van der Waals surface area contributed by atoms with Crippen LogP contribution in [0.2, 0.25) is 0 Å². The van der Waals surface area contributed by atoms with E-state index in [4.69, 9.17) is 0 Å². The minimum atomic E-state index is -3.81. The second-order valence-electron chi connectivity index (χ2n) is 7.32. The van der Waals surface area contributed by atoms with Gasteiger partial charge in [-0.05, 0) is 49.2 Å². The molecule has 168 valence electrons. The monoisotopic (exact) mass is 467 g/mol. The fraction of sp³-hybridized carbons (Fsp3) is 0.368. The molecule has 0 saturated carbocycles. The van der Waals surface area contributed by atoms with Crippen LogP contribution in [0.3, 0.4) is 0 Å². The summed E-state index contributed by atoms with van der Waals surface area (Å²) in [5, 5.41) is 2.74. The van der Waals surface area contributed by atoms with E-state index >= 15 is 0 Å². The minimum absolute atomic E-state index is 0.0251. The van der Waals surface area contributed by atoms with Crippen LogP contribution in [0.4, 0.5) is 11.5 Å². The summed E-state index contributed by atoms with van der Waals surface area (Å²) in [6.07, 6.45) is 2.64. The first-order valence-corrected chi connectivity index (χ1v) is 12.5. The molecule has 12 heteroatoms. The van der Waals surface area contributed by atoms with Crippen molar-refractivity contribution in [2.24, 2.45) is 5.92 Å². The Balaban J connectivity index is 1.65. The molecular weight excluding hydrogens is 442 g/mol. The molecule has 0 bridgehead atoms. The molecule has 10 nitrogen and oxygen atoms in total. The maximum absolute atomic E-state index is 12.6. The van der Waals surface area contributed by atoms with Gasteiger partial charge in [0.2, 0.25) is 5.91 Å². The van der Waals surface area contributed by atoms with Crippen molar-refractivity contribution in [3.05, 3.63) is 48.7 Å². The lowest BCUT2D eigenvalue weighted by molar-refractivity contribution is -0.120. The van der Waals surface area contributed by atoms with Crippen LogP contribution in [-0.2, 0) is 25.0 Å². The highest BCUT2D eigenvalue weighted by atomic mass is 32.2. The molecule has 3 rings (SSSR count). The summed E-state index contributed by atoms with van der Waals surface area (Å²) in [6.45, 7) is 0.479. The van der Waals surface area contributed by atoms with Crippen molar-refractivity contribution in [3.8, 4) is 0 Å². The number of carbonyl (C=O) groups excluding carboxylic acids is 1. The first kappa shape index (κ1) is 23.1. The second-order valence-corrected chi connectivity index (χ2v) is 11.1. The zero-order valence-corrected chi connectivity index (χ0v) is 18.9. The Labute approximate surface area is 182 Å². The Morgan fingerprint density at radius 3 is 2.42 bits per heavy atom. The smallest absolute Gasteiger partial charge is 0.281 e. The molecule has 1 amide bonds. The van der Waals surface area contributed by atoms with E-state index in [-0.39, 0.29) is 23.2 Å². The van der Waals surface area contributed by atoms with Crippen molar-refractivity contribution in [2.45, 2.75) is 17.7 Å². The standard InChI is InChI=1S/C19H25N5O5S2/c1-23(2)31(28,29)24-13-5-6-15(14-24)19(25)21-16-8-10-17(11-9-16)30(26,27)22-18-7-3-4-12-20-18/h3-4,7-12,15H,5-6,13-14H2,1-2H3,(H,20,22)(H,21,25)/t15-/m1/s1. The summed E-state index contributed by atoms with van der Waals surface area (Å²) in [7, 11) is -4.48. The Bertz CT molecular complexity index is 1120. The van der Waals surface area contributed by atoms with Gasteiger partial charge in [0.25, 0.3) is 20.2 Å². The first-order chi connectivity index (χ1) is 14.6. The SMILES string of the molecule is CN(C)S(=O)(=O)N1CCC[C@@H](C(=O)Nc2ccc(S(=O)(=O)Nc3ccccn3)cc2)C1. The maximum Gasteiger partial charge on any atom is 0.281 e. The molecule has 2 N–H and O–H groups in total. The van der Waals surface area contributed by atoms with Crippen molar-refractivity contribution >= 4 is 37.6 Å². The van der Waals surface area contributed by atoms with E-state index in [1.54, 1.807) is 12.1 Å². The number of piperidine rings is 1. The minimum Gasteiger partial charge on any atom is -0.326 e. The van der Waals surface area contributed by atoms with E-state index in [2.05, 4.69) is 15.0 Å². The molecule has 2 heterocycles. The van der Waals surface area contributed by atoms with Crippen molar-refractivity contribution in [1.29, 1.82) is 0 Å². The predicted octanol–water partition coefficient (Wildman–Crippen LogP) is 1.34. The van der Waals surface area contributed by atoms with Gasteiger partial charge in [0.15, 0.2) is 0 Å². The molecule has 0 spiro atoms. The van der Waals surface area contributed by atoms with E-state index in [9.17, 15) is 21.6 Å². The normalized spacial score (nSPS) is 18.0. The molecule has 1 aliphatic rings. The number of rotatable bonds is 7. The quantitative estimate of drug-likeness (QED) is 0.632. The van der Waals surface area contributed by atoms with Crippen molar-refractivity contribution in [3.63, 3.8) is 0 Å². The van der Waals surface area contributed by atoms with Crippen LogP contribution < -0.4 is 10.0 Å². The highest BCUT2D eigenvalue weighted by Gasteiger charge is 2.33. The number of sulfonamides is 1. The number of benzene rings is 1. The third-order valence-electron chi connectivity index (χ3n) is 4.88. The summed E-state index contributed by atoms with van der Waals surface area (Å²) in [4.78, 5) is 16.6. The molecule has 1 aliphatic heterocycles. The van der Waals surface area contributed by atoms with Gasteiger partial charge in [-0.2, -0.15) is 17.0 Å². The third-order valence-corrected chi connectivity index (χ3v) is 8.16. The molecular formula is C19H25N5O5S2. The van der Waals surface area contributed by atoms with E-state index in [1.165, 1.54) is 54.9 Å². The average molecular weight is 468 g/mol. The highest BCUT2D eigenvalue weighted by Crippen LogP contribution is 2.23. The lowest BCUT2D eigenvalue weighted by atomic mass is 9.99. The molecule has 0 unspecified atom stereocenters. The summed E-state index contributed by atoms with van der Waals surface area (Å²) in [6, 6.07) is 10.6. The predicted molar refractivity (Wildman–Crippen MR) is 117 cm³/mol. The number of amides is 1. The molecule has 0 radical (unpaired) electrons. The Hall–Kier alpha value is -2.54. The Morgan fingerprint density at radius 2 is 1.81 bits per heavy atom. The number of carbonyl (C=O) groups is 1. The number of hydrogen-bond donors (Lipinski definition) is 2. The van der Waals surface area contributed by atoms with Crippen molar-refractivity contribution in [2.75, 3.05) is 37.2 Å². The van der Waals surface area contributed by atoms with Gasteiger partial charge in [0.05, 0.1) is 10.8 Å². The Morgan fingerprint density at radius 1 is 1.10 bits per heavy atom. The van der Waals surface area contributed by atoms with E-state index < -0.39 is 26.2 Å². The van der Waals surface area contributed by atoms with Crippen LogP contribution in [0.15, 0.2) is 53.6 Å². The number of aromatic nitrogens is 1. The van der Waals surface area contributed by atoms with Crippen molar-refractivity contribution < 1.29 is 21.6 Å². The molecule has 1 fully saturated rings. The zero-order valence-electron chi connectivity index (χ0n) is 17.2. The van der Waals surface area contributed by atoms with Crippen LogP contribution in [0.25, 0.3) is 0 Å². The van der Waals surface area contributed by atoms with Gasteiger partial charge in [-0.15, -0.1) is 0 Å². The topological polar surface area (TPSA) is 129 Å². The zero-order chi connectivity index (χ0) is 22.6. The van der Waals surface area contributed by atoms with Gasteiger partial charge in [0.1, 0.15) is 5.82 Å². The number of hydrogen-bond acceptors (Lipinski definition) is 6. The van der Waals surface area contributed by atoms with E-state index in [1.807, 2.05) is 0 Å². The van der Waals surface area contributed by atoms with Crippen LogP contribution in [0, 0.1) is 5.92 Å². The summed E-state index contributed by atoms with van der Waals surface area (Å²) in [5.74, 6) is -0.590. The van der Waals surface area contributed by atoms with E-state index in [0.717, 1.165) is 4.31 Å². The van der Waals surface area contributed by atoms with Gasteiger partial charge >= 0.3 is 0 Å². The maximum atomic E-state index is 12.6. The van der Waals surface area contributed by atoms with Gasteiger partial charge in [-0.1, -0.05) is 6.07 Å². The van der Waals surface area contributed by atoms with Gasteiger partial charge < -0.3 is 5.32 Å². The Kier molecular flexibility index (Phi) is 6.94. The summed E-state index contributed by atoms with van der Waals surface area (Å²) in [5.41, 5.74) is 0.425. The van der Waals surface area contributed by atoms with Crippen LogP contribution in [-0.4, -0.2) is 63.5 Å². The lowest BCUT2D eigenvalue weighted by Gasteiger charge is -2.32. The van der Waals surface area contributed by atoms with Crippen LogP contribution in [0.5, 0.6) is 0 Å². The van der Waals surface area contributed by atoms with Crippen LogP contribution >= 0.6 is 0 Å². The van der Waals surface area contributed by atoms with Crippen LogP contribution in [0.1, 0.15) is 12.8 Å². The molecule has 1 aromatic carbocycles. The molecule has 1 atom stereocenters. The summed E-state index contributed by atoms with van der Waals surface area (Å²) < 4.78 is 54.4. The third kappa shape index (κ3) is 5.58. The summed E-state index contributed by atoms with van der Waals surface area (Å²) >= 11 is 0. The van der Waals surface area contributed by atoms with E-state index in [0.29, 0.717) is 25.1 Å². The van der Waals surface area contributed by atoms with Gasteiger partial charge in [-0.25, -0.2) is 13.4 Å². The van der Waals surface area contributed by atoms with Crippen molar-refractivity contribution in [1.82, 2.24) is 13.6 Å². The average Bonchev–Trinajstić information content (AvgIpc) is 2.74. The number of pyridine rings is 1. The highest BCUT2D eigenvalue weighted by molar-refractivity contribution is 7.92. The molecule has 1 saturated heterocycles. The lowest BCUT2D eigenvalue weighted by Crippen LogP contribution is -2.47. The molecule has 0 aliphatic carbocycles.